The number of methoxy groups -OCH3 is 1. The molecule has 0 radical (unpaired) electrons. The first-order chi connectivity index (χ1) is 21.5. The number of aromatic nitrogens is 2. The molecule has 9 atom stereocenters. The summed E-state index contributed by atoms with van der Waals surface area (Å²) in [5, 5.41) is 29.4. The summed E-state index contributed by atoms with van der Waals surface area (Å²) in [6, 6.07) is 6.47. The number of hydrogen-bond acceptors (Lipinski definition) is 11. The third-order valence-corrected chi connectivity index (χ3v) is 9.30. The van der Waals surface area contributed by atoms with Crippen LogP contribution < -0.4 is 31.9 Å². The SMILES string of the molecule is COc1ccccc1[C@H]1N[C@@](C)(C(=O)N2CCC[C@H]2C(=O)NC[C@H]2O[C@@H](n3ccc(=O)[nH]c3=O)[C@H](O)[C@@H]2O)[C@H]2C(=O)NC(=O)[C@@H]12. The molecule has 45 heavy (non-hydrogen) atoms. The fourth-order valence-electron chi connectivity index (χ4n) is 7.11. The van der Waals surface area contributed by atoms with Crippen molar-refractivity contribution in [2.24, 2.45) is 11.8 Å². The maximum Gasteiger partial charge on any atom is 0.330 e. The van der Waals surface area contributed by atoms with Crippen molar-refractivity contribution < 1.29 is 38.9 Å². The van der Waals surface area contributed by atoms with Crippen molar-refractivity contribution >= 4 is 23.6 Å². The Bertz CT molecular complexity index is 1660. The number of rotatable bonds is 7. The zero-order chi connectivity index (χ0) is 32.2. The summed E-state index contributed by atoms with van der Waals surface area (Å²) in [4.78, 5) is 80.7. The van der Waals surface area contributed by atoms with Gasteiger partial charge in [-0.05, 0) is 25.8 Å². The van der Waals surface area contributed by atoms with E-state index in [4.69, 9.17) is 9.47 Å². The lowest BCUT2D eigenvalue weighted by Gasteiger charge is -2.35. The molecule has 0 unspecified atom stereocenters. The Morgan fingerprint density at radius 3 is 2.60 bits per heavy atom. The number of aromatic amines is 1. The van der Waals surface area contributed by atoms with Gasteiger partial charge in [0.05, 0.1) is 18.9 Å². The second kappa shape index (κ2) is 11.5. The molecule has 4 saturated heterocycles. The molecule has 2 aromatic rings. The van der Waals surface area contributed by atoms with E-state index in [-0.39, 0.29) is 13.1 Å². The van der Waals surface area contributed by atoms with Gasteiger partial charge in [-0.1, -0.05) is 18.2 Å². The molecule has 4 aliphatic heterocycles. The van der Waals surface area contributed by atoms with E-state index in [9.17, 15) is 39.0 Å². The first-order valence-electron chi connectivity index (χ1n) is 14.6. The van der Waals surface area contributed by atoms with Gasteiger partial charge in [0.2, 0.25) is 23.6 Å². The van der Waals surface area contributed by atoms with Gasteiger partial charge >= 0.3 is 5.69 Å². The number of carbonyl (C=O) groups excluding carboxylic acids is 4. The number of para-hydroxylation sites is 1. The molecule has 0 bridgehead atoms. The summed E-state index contributed by atoms with van der Waals surface area (Å²) in [6.45, 7) is 1.55. The summed E-state index contributed by atoms with van der Waals surface area (Å²) in [5.41, 5.74) is -2.39. The largest absolute Gasteiger partial charge is 0.496 e. The molecule has 240 valence electrons. The van der Waals surface area contributed by atoms with Crippen LogP contribution in [0.2, 0.25) is 0 Å². The molecule has 5 heterocycles. The molecule has 0 aliphatic carbocycles. The topological polar surface area (TPSA) is 221 Å². The molecule has 16 nitrogen and oxygen atoms in total. The first-order valence-corrected chi connectivity index (χ1v) is 14.6. The number of imide groups is 1. The first kappa shape index (κ1) is 30.6. The standard InChI is InChI=1S/C29H34N6O10/c1-29(19-18(24(40)32-25(19)41)20(33-29)13-6-3-4-8-15(13)44-2)27(42)34-10-5-7-14(34)23(39)30-12-16-21(37)22(38)26(45-16)35-11-9-17(36)31-28(35)43/h3-4,6,8-9,11,14,16,18-22,26,33,37-38H,5,7,10,12H2,1-2H3,(H,30,39)(H,31,36,43)(H,32,40,41)/t14-,16+,18+,19+,20+,21+,22+,26+,29+/m0/s1. The van der Waals surface area contributed by atoms with Gasteiger partial charge in [-0.3, -0.25) is 44.2 Å². The van der Waals surface area contributed by atoms with Crippen LogP contribution in [-0.4, -0.2) is 98.4 Å². The lowest BCUT2D eigenvalue weighted by molar-refractivity contribution is -0.146. The van der Waals surface area contributed by atoms with E-state index >= 15 is 0 Å². The maximum atomic E-state index is 14.2. The number of benzene rings is 1. The third kappa shape index (κ3) is 5.03. The normalized spacial score (nSPS) is 34.1. The second-order valence-corrected chi connectivity index (χ2v) is 11.9. The minimum absolute atomic E-state index is 0.235. The van der Waals surface area contributed by atoms with E-state index in [0.29, 0.717) is 24.2 Å². The van der Waals surface area contributed by atoms with E-state index in [0.717, 1.165) is 16.8 Å². The molecule has 1 aromatic heterocycles. The van der Waals surface area contributed by atoms with Crippen LogP contribution in [0.25, 0.3) is 0 Å². The number of aliphatic hydroxyl groups excluding tert-OH is 2. The Labute approximate surface area is 255 Å². The summed E-state index contributed by atoms with van der Waals surface area (Å²) in [5.74, 6) is -3.55. The van der Waals surface area contributed by atoms with E-state index in [1.807, 2.05) is 4.98 Å². The molecule has 0 saturated carbocycles. The molecule has 4 aliphatic rings. The Morgan fingerprint density at radius 2 is 1.87 bits per heavy atom. The van der Waals surface area contributed by atoms with Gasteiger partial charge in [0.15, 0.2) is 6.23 Å². The second-order valence-electron chi connectivity index (χ2n) is 11.9. The number of nitrogens with zero attached hydrogens (tertiary/aromatic N) is 2. The van der Waals surface area contributed by atoms with Crippen molar-refractivity contribution in [2.75, 3.05) is 20.2 Å². The molecule has 6 N–H and O–H groups in total. The highest BCUT2D eigenvalue weighted by Gasteiger charge is 2.65. The van der Waals surface area contributed by atoms with E-state index in [1.54, 1.807) is 31.2 Å². The zero-order valence-electron chi connectivity index (χ0n) is 24.5. The Balaban J connectivity index is 1.18. The smallest absolute Gasteiger partial charge is 0.330 e. The molecule has 0 spiro atoms. The number of likely N-dealkylation sites (tertiary alicyclic amines) is 1. The van der Waals surface area contributed by atoms with Gasteiger partial charge in [0, 0.05) is 37.0 Å². The van der Waals surface area contributed by atoms with Crippen molar-refractivity contribution in [1.29, 1.82) is 0 Å². The predicted octanol–water partition coefficient (Wildman–Crippen LogP) is -2.74. The van der Waals surface area contributed by atoms with Crippen molar-refractivity contribution in [3.63, 3.8) is 0 Å². The van der Waals surface area contributed by atoms with Crippen LogP contribution in [-0.2, 0) is 23.9 Å². The van der Waals surface area contributed by atoms with Crippen LogP contribution in [0, 0.1) is 11.8 Å². The monoisotopic (exact) mass is 626 g/mol. The van der Waals surface area contributed by atoms with E-state index in [1.165, 1.54) is 12.0 Å². The van der Waals surface area contributed by atoms with Gasteiger partial charge in [-0.25, -0.2) is 4.79 Å². The number of hydrogen-bond donors (Lipinski definition) is 6. The number of ether oxygens (including phenoxy) is 2. The molecule has 4 fully saturated rings. The van der Waals surface area contributed by atoms with Gasteiger partial charge in [0.25, 0.3) is 5.56 Å². The molecular formula is C29H34N6O10. The minimum atomic E-state index is -1.53. The fourth-order valence-corrected chi connectivity index (χ4v) is 7.11. The number of aliphatic hydroxyl groups is 2. The molecule has 1 aromatic carbocycles. The van der Waals surface area contributed by atoms with Gasteiger partial charge in [-0.15, -0.1) is 0 Å². The van der Waals surface area contributed by atoms with Crippen LogP contribution >= 0.6 is 0 Å². The van der Waals surface area contributed by atoms with Crippen molar-refractivity contribution in [3.05, 3.63) is 62.9 Å². The number of H-pyrrole nitrogens is 1. The highest BCUT2D eigenvalue weighted by Crippen LogP contribution is 2.48. The molecule has 4 amide bonds. The minimum Gasteiger partial charge on any atom is -0.496 e. The number of fused-ring (bicyclic) bond motifs is 1. The molecule has 6 rings (SSSR count). The number of amides is 4. The Kier molecular flexibility index (Phi) is 7.84. The number of carbonyl (C=O) groups is 4. The Morgan fingerprint density at radius 1 is 1.11 bits per heavy atom. The van der Waals surface area contributed by atoms with Crippen LogP contribution in [0.4, 0.5) is 0 Å². The average Bonchev–Trinajstić information content (AvgIpc) is 3.77. The van der Waals surface area contributed by atoms with E-state index < -0.39 is 88.9 Å². The zero-order valence-corrected chi connectivity index (χ0v) is 24.5. The summed E-state index contributed by atoms with van der Waals surface area (Å²) < 4.78 is 12.1. The third-order valence-electron chi connectivity index (χ3n) is 9.30. The predicted molar refractivity (Wildman–Crippen MR) is 152 cm³/mol. The van der Waals surface area contributed by atoms with Crippen molar-refractivity contribution in [2.45, 2.75) is 61.9 Å². The van der Waals surface area contributed by atoms with Gasteiger partial charge < -0.3 is 29.9 Å². The highest BCUT2D eigenvalue weighted by molar-refractivity contribution is 6.10. The van der Waals surface area contributed by atoms with Crippen LogP contribution in [0.1, 0.15) is 37.6 Å². The van der Waals surface area contributed by atoms with Crippen LogP contribution in [0.3, 0.4) is 0 Å². The lowest BCUT2D eigenvalue weighted by Crippen LogP contribution is -2.61. The number of nitrogens with one attached hydrogen (secondary N) is 4. The molecule has 16 heteroatoms. The van der Waals surface area contributed by atoms with E-state index in [2.05, 4.69) is 16.0 Å². The summed E-state index contributed by atoms with van der Waals surface area (Å²) in [6.07, 6.45) is -3.46. The van der Waals surface area contributed by atoms with Crippen molar-refractivity contribution in [1.82, 2.24) is 30.4 Å². The van der Waals surface area contributed by atoms with Gasteiger partial charge in [-0.2, -0.15) is 0 Å². The quantitative estimate of drug-likeness (QED) is 0.173. The van der Waals surface area contributed by atoms with Crippen molar-refractivity contribution in [3.8, 4) is 5.75 Å². The highest BCUT2D eigenvalue weighted by atomic mass is 16.6. The average molecular weight is 627 g/mol. The van der Waals surface area contributed by atoms with Gasteiger partial charge in [0.1, 0.15) is 35.6 Å². The van der Waals surface area contributed by atoms with Crippen LogP contribution in [0.5, 0.6) is 5.75 Å². The fraction of sp³-hybridized carbons (Fsp3) is 0.517. The summed E-state index contributed by atoms with van der Waals surface area (Å²) >= 11 is 0. The summed E-state index contributed by atoms with van der Waals surface area (Å²) in [7, 11) is 1.49. The molecular weight excluding hydrogens is 592 g/mol. The lowest BCUT2D eigenvalue weighted by atomic mass is 9.79. The maximum absolute atomic E-state index is 14.2. The van der Waals surface area contributed by atoms with Crippen LogP contribution in [0.15, 0.2) is 46.1 Å². The Hall–Kier alpha value is -4.38.